The van der Waals surface area contributed by atoms with Gasteiger partial charge in [0.2, 0.25) is 5.82 Å². The molecule has 0 saturated carbocycles. The fourth-order valence-electron chi connectivity index (χ4n) is 3.71. The molecule has 4 aromatic rings. The number of nitrogens with zero attached hydrogens (tertiary/aromatic N) is 3. The van der Waals surface area contributed by atoms with Gasteiger partial charge in [0.15, 0.2) is 10.2 Å². The van der Waals surface area contributed by atoms with E-state index >= 15 is 0 Å². The fraction of sp³-hybridized carbons (Fsp3) is 0.286. The second-order valence-corrected chi connectivity index (χ2v) is 8.68. The lowest BCUT2D eigenvalue weighted by Crippen LogP contribution is -2.36. The zero-order valence-electron chi connectivity index (χ0n) is 16.9. The Labute approximate surface area is 184 Å². The van der Waals surface area contributed by atoms with Crippen LogP contribution in [-0.2, 0) is 25.7 Å². The molecule has 0 spiro atoms. The summed E-state index contributed by atoms with van der Waals surface area (Å²) in [6, 6.07) is 9.69. The maximum absolute atomic E-state index is 12.9. The Morgan fingerprint density at radius 1 is 1.19 bits per heavy atom. The van der Waals surface area contributed by atoms with E-state index < -0.39 is 17.6 Å². The van der Waals surface area contributed by atoms with Gasteiger partial charge in [0.05, 0.1) is 28.8 Å². The number of hydrogen-bond acceptors (Lipinski definition) is 6. The lowest BCUT2D eigenvalue weighted by Gasteiger charge is -2.26. The fourth-order valence-corrected chi connectivity index (χ4v) is 4.49. The molecule has 1 aromatic carbocycles. The van der Waals surface area contributed by atoms with Crippen molar-refractivity contribution in [2.24, 2.45) is 0 Å². The lowest BCUT2D eigenvalue weighted by molar-refractivity contribution is -0.145. The molecule has 0 atom stereocenters. The molecule has 0 bridgehead atoms. The van der Waals surface area contributed by atoms with Gasteiger partial charge in [-0.25, -0.2) is 9.97 Å². The monoisotopic (exact) mass is 461 g/mol. The number of alkyl halides is 3. The summed E-state index contributed by atoms with van der Waals surface area (Å²) in [7, 11) is 0. The van der Waals surface area contributed by atoms with E-state index in [1.54, 1.807) is 0 Å². The first-order valence-corrected chi connectivity index (χ1v) is 10.7. The van der Waals surface area contributed by atoms with Crippen molar-refractivity contribution >= 4 is 22.8 Å². The lowest BCUT2D eigenvalue weighted by atomic mass is 10.1. The third-order valence-corrected chi connectivity index (χ3v) is 6.05. The van der Waals surface area contributed by atoms with Crippen LogP contribution in [0.3, 0.4) is 0 Å². The quantitative estimate of drug-likeness (QED) is 0.472. The maximum Gasteiger partial charge on any atom is 0.449 e. The number of hydrogen-bond donors (Lipinski definition) is 2. The first kappa shape index (κ1) is 20.8. The molecule has 1 aliphatic heterocycles. The number of halogens is 3. The Bertz CT molecular complexity index is 1360. The summed E-state index contributed by atoms with van der Waals surface area (Å²) >= 11 is 1.37. The molecule has 0 amide bonds. The molecule has 1 aliphatic rings. The summed E-state index contributed by atoms with van der Waals surface area (Å²) in [4.78, 5) is 27.4. The minimum Gasteiger partial charge on any atom is -0.453 e. The molecule has 0 fully saturated rings. The Kier molecular flexibility index (Phi) is 5.09. The molecular weight excluding hydrogens is 443 g/mol. The first-order valence-electron chi connectivity index (χ1n) is 9.89. The highest BCUT2D eigenvalue weighted by Gasteiger charge is 2.36. The molecule has 0 saturated heterocycles. The van der Waals surface area contributed by atoms with Crippen LogP contribution < -0.4 is 5.56 Å². The number of aryl methyl sites for hydroxylation is 1. The van der Waals surface area contributed by atoms with Crippen LogP contribution in [0.5, 0.6) is 0 Å². The minimum atomic E-state index is -4.67. The molecule has 0 unspecified atom stereocenters. The second kappa shape index (κ2) is 7.82. The predicted octanol–water partition coefficient (Wildman–Crippen LogP) is 4.28. The third kappa shape index (κ3) is 4.17. The van der Waals surface area contributed by atoms with Crippen LogP contribution in [0.15, 0.2) is 49.8 Å². The van der Waals surface area contributed by atoms with Crippen LogP contribution in [0, 0.1) is 6.92 Å². The molecular formula is C21H18F3N5O2S. The molecule has 4 heterocycles. The summed E-state index contributed by atoms with van der Waals surface area (Å²) in [5.74, 6) is -0.553. The van der Waals surface area contributed by atoms with Crippen LogP contribution in [0.1, 0.15) is 28.4 Å². The van der Waals surface area contributed by atoms with E-state index in [9.17, 15) is 18.0 Å². The van der Waals surface area contributed by atoms with Crippen molar-refractivity contribution in [3.63, 3.8) is 0 Å². The number of imidazole rings is 1. The van der Waals surface area contributed by atoms with Gasteiger partial charge in [-0.05, 0) is 48.5 Å². The van der Waals surface area contributed by atoms with Crippen LogP contribution in [-0.4, -0.2) is 31.4 Å². The number of aromatic nitrogens is 4. The van der Waals surface area contributed by atoms with Gasteiger partial charge >= 0.3 is 6.18 Å². The van der Waals surface area contributed by atoms with Crippen molar-refractivity contribution in [3.8, 4) is 0 Å². The number of nitrogens with one attached hydrogen (secondary N) is 2. The summed E-state index contributed by atoms with van der Waals surface area (Å²) in [5.41, 5.74) is 2.70. The molecule has 0 aliphatic carbocycles. The van der Waals surface area contributed by atoms with Gasteiger partial charge in [-0.2, -0.15) is 13.2 Å². The Morgan fingerprint density at radius 2 is 2.03 bits per heavy atom. The Morgan fingerprint density at radius 3 is 2.84 bits per heavy atom. The zero-order valence-corrected chi connectivity index (χ0v) is 17.7. The average Bonchev–Trinajstić information content (AvgIpc) is 3.33. The van der Waals surface area contributed by atoms with E-state index in [2.05, 4.69) is 15.0 Å². The van der Waals surface area contributed by atoms with Crippen molar-refractivity contribution < 1.29 is 17.6 Å². The number of furan rings is 1. The maximum atomic E-state index is 12.9. The standard InChI is InChI=1S/C21H18F3N5O2S/c1-11-2-4-15-16(8-11)27-20(26-15)32-17-5-3-12(31-17)9-29-7-6-14-13(10-29)18(30)28-19(25-14)21(22,23)24/h2-5,8H,6-7,9-10H2,1H3,(H,26,27)(H,25,28,30). The third-order valence-electron chi connectivity index (χ3n) is 5.25. The number of rotatable bonds is 4. The molecule has 11 heteroatoms. The van der Waals surface area contributed by atoms with E-state index in [0.29, 0.717) is 23.9 Å². The normalized spacial score (nSPS) is 14.8. The van der Waals surface area contributed by atoms with Crippen molar-refractivity contribution in [1.82, 2.24) is 24.8 Å². The van der Waals surface area contributed by atoms with Crippen LogP contribution in [0.2, 0.25) is 0 Å². The number of fused-ring (bicyclic) bond motifs is 2. The van der Waals surface area contributed by atoms with Gasteiger partial charge in [-0.1, -0.05) is 6.07 Å². The first-order chi connectivity index (χ1) is 15.2. The van der Waals surface area contributed by atoms with Crippen molar-refractivity contribution in [3.05, 3.63) is 69.1 Å². The highest BCUT2D eigenvalue weighted by atomic mass is 32.2. The van der Waals surface area contributed by atoms with E-state index in [4.69, 9.17) is 4.42 Å². The summed E-state index contributed by atoms with van der Waals surface area (Å²) in [5, 5.41) is 1.39. The van der Waals surface area contributed by atoms with E-state index in [-0.39, 0.29) is 24.2 Å². The average molecular weight is 461 g/mol. The molecule has 32 heavy (non-hydrogen) atoms. The Balaban J connectivity index is 1.27. The number of aromatic amines is 2. The van der Waals surface area contributed by atoms with E-state index in [1.165, 1.54) is 11.8 Å². The van der Waals surface area contributed by atoms with Gasteiger partial charge in [0.1, 0.15) is 5.76 Å². The highest BCUT2D eigenvalue weighted by molar-refractivity contribution is 7.99. The predicted molar refractivity (Wildman–Crippen MR) is 111 cm³/mol. The Hall–Kier alpha value is -3.05. The topological polar surface area (TPSA) is 90.8 Å². The summed E-state index contributed by atoms with van der Waals surface area (Å²) in [6.07, 6.45) is -4.41. The van der Waals surface area contributed by atoms with Crippen LogP contribution >= 0.6 is 11.8 Å². The molecule has 5 rings (SSSR count). The molecule has 7 nitrogen and oxygen atoms in total. The van der Waals surface area contributed by atoms with Crippen molar-refractivity contribution in [2.45, 2.75) is 42.9 Å². The van der Waals surface area contributed by atoms with Gasteiger partial charge in [0, 0.05) is 19.5 Å². The molecule has 0 radical (unpaired) electrons. The smallest absolute Gasteiger partial charge is 0.449 e. The van der Waals surface area contributed by atoms with Crippen LogP contribution in [0.4, 0.5) is 13.2 Å². The molecule has 3 aromatic heterocycles. The molecule has 166 valence electrons. The van der Waals surface area contributed by atoms with Crippen molar-refractivity contribution in [2.75, 3.05) is 6.54 Å². The van der Waals surface area contributed by atoms with E-state index in [0.717, 1.165) is 21.8 Å². The molecule has 2 N–H and O–H groups in total. The zero-order chi connectivity index (χ0) is 22.5. The highest BCUT2D eigenvalue weighted by Crippen LogP contribution is 2.30. The van der Waals surface area contributed by atoms with Crippen LogP contribution in [0.25, 0.3) is 11.0 Å². The minimum absolute atomic E-state index is 0.202. The second-order valence-electron chi connectivity index (χ2n) is 7.68. The SMILES string of the molecule is Cc1ccc2nc(Sc3ccc(CN4CCc5nc(C(F)(F)F)[nH]c(=O)c5C4)o3)[nH]c2c1. The summed E-state index contributed by atoms with van der Waals surface area (Å²) < 4.78 is 44.5. The van der Waals surface area contributed by atoms with E-state index in [1.807, 2.05) is 47.1 Å². The largest absolute Gasteiger partial charge is 0.453 e. The van der Waals surface area contributed by atoms with Gasteiger partial charge in [-0.15, -0.1) is 0 Å². The number of H-pyrrole nitrogens is 2. The summed E-state index contributed by atoms with van der Waals surface area (Å²) in [6.45, 7) is 3.14. The van der Waals surface area contributed by atoms with Gasteiger partial charge < -0.3 is 14.4 Å². The van der Waals surface area contributed by atoms with Gasteiger partial charge in [0.25, 0.3) is 5.56 Å². The van der Waals surface area contributed by atoms with Gasteiger partial charge in [-0.3, -0.25) is 9.69 Å². The van der Waals surface area contributed by atoms with Crippen molar-refractivity contribution in [1.29, 1.82) is 0 Å². The number of benzene rings is 1.